The molecule has 1 rings (SSSR count). The van der Waals surface area contributed by atoms with E-state index in [0.29, 0.717) is 4.88 Å². The topological polar surface area (TPSA) is 82.5 Å². The summed E-state index contributed by atoms with van der Waals surface area (Å²) in [6.07, 6.45) is 0.544. The monoisotopic (exact) mass is 202 g/mol. The maximum Gasteiger partial charge on any atom is 0.263 e. The quantitative estimate of drug-likeness (QED) is 0.598. The van der Waals surface area contributed by atoms with Gasteiger partial charge in [-0.3, -0.25) is 9.78 Å². The molecule has 0 aromatic carbocycles. The summed E-state index contributed by atoms with van der Waals surface area (Å²) < 4.78 is 0. The first-order valence-electron chi connectivity index (χ1n) is 3.69. The minimum atomic E-state index is -0.906. The summed E-state index contributed by atoms with van der Waals surface area (Å²) in [5, 5.41) is 19.9. The van der Waals surface area contributed by atoms with Gasteiger partial charge in [0.25, 0.3) is 5.91 Å². The van der Waals surface area contributed by atoms with Crippen LogP contribution in [0.15, 0.2) is 11.7 Å². The van der Waals surface area contributed by atoms with Crippen LogP contribution in [0.1, 0.15) is 9.67 Å². The second-order valence-electron chi connectivity index (χ2n) is 2.41. The molecule has 1 unspecified atom stereocenters. The lowest BCUT2D eigenvalue weighted by molar-refractivity contribution is 0.0804. The SMILES string of the molecule is O=C(NCC(O)CO)c1cncs1. The van der Waals surface area contributed by atoms with Crippen molar-refractivity contribution in [2.45, 2.75) is 6.10 Å². The van der Waals surface area contributed by atoms with Gasteiger partial charge in [0.05, 0.1) is 24.4 Å². The molecule has 3 N–H and O–H groups in total. The van der Waals surface area contributed by atoms with Crippen molar-refractivity contribution >= 4 is 17.2 Å². The average molecular weight is 202 g/mol. The summed E-state index contributed by atoms with van der Waals surface area (Å²) in [5.74, 6) is -0.282. The molecule has 1 heterocycles. The van der Waals surface area contributed by atoms with Crippen molar-refractivity contribution in [1.82, 2.24) is 10.3 Å². The second kappa shape index (κ2) is 4.90. The van der Waals surface area contributed by atoms with Crippen LogP contribution < -0.4 is 5.32 Å². The average Bonchev–Trinajstić information content (AvgIpc) is 2.66. The van der Waals surface area contributed by atoms with Gasteiger partial charge < -0.3 is 15.5 Å². The number of carbonyl (C=O) groups is 1. The predicted octanol–water partition coefficient (Wildman–Crippen LogP) is -0.774. The van der Waals surface area contributed by atoms with Gasteiger partial charge >= 0.3 is 0 Å². The molecule has 0 spiro atoms. The Balaban J connectivity index is 2.35. The summed E-state index contributed by atoms with van der Waals surface area (Å²) in [5.41, 5.74) is 1.55. The van der Waals surface area contributed by atoms with Crippen molar-refractivity contribution in [3.63, 3.8) is 0 Å². The molecule has 0 saturated carbocycles. The van der Waals surface area contributed by atoms with Gasteiger partial charge in [-0.25, -0.2) is 0 Å². The zero-order valence-corrected chi connectivity index (χ0v) is 7.62. The van der Waals surface area contributed by atoms with Crippen molar-refractivity contribution in [2.75, 3.05) is 13.2 Å². The van der Waals surface area contributed by atoms with E-state index < -0.39 is 6.10 Å². The Morgan fingerprint density at radius 2 is 2.54 bits per heavy atom. The van der Waals surface area contributed by atoms with E-state index in [-0.39, 0.29) is 19.1 Å². The van der Waals surface area contributed by atoms with Gasteiger partial charge in [0.2, 0.25) is 0 Å². The standard InChI is InChI=1S/C7H10N2O3S/c10-3-5(11)1-9-7(12)6-2-8-4-13-6/h2,4-5,10-11H,1,3H2,(H,9,12). The van der Waals surface area contributed by atoms with Gasteiger partial charge in [-0.15, -0.1) is 11.3 Å². The third-order valence-corrected chi connectivity index (χ3v) is 2.14. The lowest BCUT2D eigenvalue weighted by Crippen LogP contribution is -2.33. The third kappa shape index (κ3) is 3.10. The van der Waals surface area contributed by atoms with E-state index >= 15 is 0 Å². The van der Waals surface area contributed by atoms with E-state index in [2.05, 4.69) is 10.3 Å². The van der Waals surface area contributed by atoms with Gasteiger partial charge in [0, 0.05) is 6.54 Å². The second-order valence-corrected chi connectivity index (χ2v) is 3.30. The summed E-state index contributed by atoms with van der Waals surface area (Å²) in [7, 11) is 0. The molecule has 13 heavy (non-hydrogen) atoms. The fourth-order valence-electron chi connectivity index (χ4n) is 0.690. The number of thiazole rings is 1. The summed E-state index contributed by atoms with van der Waals surface area (Å²) in [6, 6.07) is 0. The number of hydrogen-bond donors (Lipinski definition) is 3. The molecule has 72 valence electrons. The maximum absolute atomic E-state index is 11.2. The Morgan fingerprint density at radius 3 is 3.08 bits per heavy atom. The van der Waals surface area contributed by atoms with Crippen LogP contribution in [-0.4, -0.2) is 40.4 Å². The molecule has 0 aliphatic heterocycles. The number of nitrogens with one attached hydrogen (secondary N) is 1. The van der Waals surface area contributed by atoms with Gasteiger partial charge in [0.1, 0.15) is 4.88 Å². The predicted molar refractivity (Wildman–Crippen MR) is 47.5 cm³/mol. The minimum Gasteiger partial charge on any atom is -0.394 e. The number of amides is 1. The number of aliphatic hydroxyl groups is 2. The van der Waals surface area contributed by atoms with Crippen LogP contribution >= 0.6 is 11.3 Å². The summed E-state index contributed by atoms with van der Waals surface area (Å²) in [6.45, 7) is -0.309. The van der Waals surface area contributed by atoms with Crippen LogP contribution in [0.2, 0.25) is 0 Å². The summed E-state index contributed by atoms with van der Waals surface area (Å²) >= 11 is 1.22. The Bertz CT molecular complexity index is 263. The van der Waals surface area contributed by atoms with Gasteiger partial charge in [0.15, 0.2) is 0 Å². The molecular formula is C7H10N2O3S. The third-order valence-electron chi connectivity index (χ3n) is 1.37. The first-order chi connectivity index (χ1) is 6.24. The van der Waals surface area contributed by atoms with E-state index in [1.165, 1.54) is 17.5 Å². The highest BCUT2D eigenvalue weighted by Crippen LogP contribution is 2.04. The van der Waals surface area contributed by atoms with E-state index in [1.807, 2.05) is 0 Å². The first kappa shape index (κ1) is 10.1. The van der Waals surface area contributed by atoms with Crippen molar-refractivity contribution in [3.8, 4) is 0 Å². The van der Waals surface area contributed by atoms with Crippen LogP contribution in [0.3, 0.4) is 0 Å². The van der Waals surface area contributed by atoms with Crippen LogP contribution in [0.25, 0.3) is 0 Å². The molecule has 0 aliphatic carbocycles. The number of carbonyl (C=O) groups excluding carboxylic acids is 1. The van der Waals surface area contributed by atoms with Gasteiger partial charge in [-0.05, 0) is 0 Å². The van der Waals surface area contributed by atoms with Crippen LogP contribution in [0.4, 0.5) is 0 Å². The number of aromatic nitrogens is 1. The molecule has 0 saturated heterocycles. The molecular weight excluding hydrogens is 192 g/mol. The lowest BCUT2D eigenvalue weighted by Gasteiger charge is -2.07. The zero-order chi connectivity index (χ0) is 9.68. The van der Waals surface area contributed by atoms with Crippen molar-refractivity contribution in [3.05, 3.63) is 16.6 Å². The van der Waals surface area contributed by atoms with E-state index in [9.17, 15) is 4.79 Å². The highest BCUT2D eigenvalue weighted by Gasteiger charge is 2.08. The molecule has 1 atom stereocenters. The molecule has 5 nitrogen and oxygen atoms in total. The highest BCUT2D eigenvalue weighted by molar-refractivity contribution is 7.11. The Kier molecular flexibility index (Phi) is 3.81. The van der Waals surface area contributed by atoms with Crippen LogP contribution in [0, 0.1) is 0 Å². The molecule has 0 radical (unpaired) electrons. The fraction of sp³-hybridized carbons (Fsp3) is 0.429. The molecule has 6 heteroatoms. The smallest absolute Gasteiger partial charge is 0.263 e. The normalized spacial score (nSPS) is 12.5. The van der Waals surface area contributed by atoms with Gasteiger partial charge in [-0.1, -0.05) is 0 Å². The molecule has 1 aromatic heterocycles. The Labute approximate surface area is 79.1 Å². The van der Waals surface area contributed by atoms with Crippen LogP contribution in [-0.2, 0) is 0 Å². The Morgan fingerprint density at radius 1 is 1.77 bits per heavy atom. The molecule has 0 aliphatic rings. The number of rotatable bonds is 4. The van der Waals surface area contributed by atoms with E-state index in [4.69, 9.17) is 10.2 Å². The fourth-order valence-corrected chi connectivity index (χ4v) is 1.23. The molecule has 1 amide bonds. The number of nitrogens with zero attached hydrogens (tertiary/aromatic N) is 1. The van der Waals surface area contributed by atoms with Crippen molar-refractivity contribution in [2.24, 2.45) is 0 Å². The number of aliphatic hydroxyl groups excluding tert-OH is 2. The van der Waals surface area contributed by atoms with E-state index in [0.717, 1.165) is 0 Å². The zero-order valence-electron chi connectivity index (χ0n) is 6.80. The van der Waals surface area contributed by atoms with E-state index in [1.54, 1.807) is 5.51 Å². The highest BCUT2D eigenvalue weighted by atomic mass is 32.1. The van der Waals surface area contributed by atoms with Crippen molar-refractivity contribution < 1.29 is 15.0 Å². The summed E-state index contributed by atoms with van der Waals surface area (Å²) in [4.78, 5) is 15.4. The number of hydrogen-bond acceptors (Lipinski definition) is 5. The first-order valence-corrected chi connectivity index (χ1v) is 4.57. The van der Waals surface area contributed by atoms with Crippen LogP contribution in [0.5, 0.6) is 0 Å². The molecule has 0 bridgehead atoms. The Hall–Kier alpha value is -0.980. The largest absolute Gasteiger partial charge is 0.394 e. The van der Waals surface area contributed by atoms with Crippen molar-refractivity contribution in [1.29, 1.82) is 0 Å². The molecule has 0 fully saturated rings. The lowest BCUT2D eigenvalue weighted by atomic mass is 10.3. The van der Waals surface area contributed by atoms with Gasteiger partial charge in [-0.2, -0.15) is 0 Å². The maximum atomic E-state index is 11.2. The minimum absolute atomic E-state index is 0.0488. The molecule has 1 aromatic rings.